The van der Waals surface area contributed by atoms with Gasteiger partial charge in [0.15, 0.2) is 23.2 Å². The number of rotatable bonds is 20. The molecule has 0 radical (unpaired) electrons. The molecule has 15 nitrogen and oxygen atoms in total. The van der Waals surface area contributed by atoms with Crippen LogP contribution in [0.5, 0.6) is 11.5 Å². The van der Waals surface area contributed by atoms with Gasteiger partial charge in [-0.25, -0.2) is 19.6 Å². The molecular weight excluding hydrogens is 891 g/mol. The smallest absolute Gasteiger partial charge is 0.497 e. The molecular formula is C48H51F3N7O8P. The quantitative estimate of drug-likeness (QED) is 0.0438. The average molecular weight is 942 g/mol. The monoisotopic (exact) mass is 941 g/mol. The molecule has 4 aromatic carbocycles. The van der Waals surface area contributed by atoms with Gasteiger partial charge in [0.05, 0.1) is 46.3 Å². The third kappa shape index (κ3) is 11.1. The highest BCUT2D eigenvalue weighted by atomic mass is 31.2. The molecule has 3 heterocycles. The molecule has 1 N–H and O–H groups in total. The number of nitrogens with one attached hydrogen (secondary N) is 1. The number of nitriles is 1. The van der Waals surface area contributed by atoms with Crippen molar-refractivity contribution in [2.24, 2.45) is 0 Å². The molecule has 6 aromatic rings. The zero-order chi connectivity index (χ0) is 47.7. The summed E-state index contributed by atoms with van der Waals surface area (Å²) in [4.78, 5) is 26.3. The highest BCUT2D eigenvalue weighted by Crippen LogP contribution is 2.52. The zero-order valence-corrected chi connectivity index (χ0v) is 38.6. The molecule has 1 fully saturated rings. The molecule has 1 saturated heterocycles. The highest BCUT2D eigenvalue weighted by Gasteiger charge is 2.55. The Hall–Kier alpha value is -6.03. The number of benzene rings is 4. The summed E-state index contributed by atoms with van der Waals surface area (Å²) in [5.74, 6) is 0.706. The van der Waals surface area contributed by atoms with Crippen molar-refractivity contribution < 1.29 is 50.7 Å². The van der Waals surface area contributed by atoms with Crippen molar-refractivity contribution in [1.82, 2.24) is 24.2 Å². The Morgan fingerprint density at radius 3 is 1.97 bits per heavy atom. The number of methoxy groups -OCH3 is 2. The second kappa shape index (κ2) is 21.7. The zero-order valence-electron chi connectivity index (χ0n) is 37.7. The number of hydrogen-bond donors (Lipinski definition) is 1. The average Bonchev–Trinajstić information content (AvgIpc) is 3.90. The van der Waals surface area contributed by atoms with E-state index in [9.17, 15) is 23.2 Å². The van der Waals surface area contributed by atoms with Crippen molar-refractivity contribution in [3.05, 3.63) is 144 Å². The second-order valence-corrected chi connectivity index (χ2v) is 17.3. The molecule has 67 heavy (non-hydrogen) atoms. The molecule has 0 spiro atoms. The minimum atomic E-state index is -5.20. The maximum absolute atomic E-state index is 14.9. The van der Waals surface area contributed by atoms with E-state index in [0.717, 1.165) is 6.33 Å². The Balaban J connectivity index is 1.37. The molecule has 0 saturated carbocycles. The summed E-state index contributed by atoms with van der Waals surface area (Å²) >= 11 is 0. The highest BCUT2D eigenvalue weighted by molar-refractivity contribution is 7.44. The Kier molecular flexibility index (Phi) is 15.9. The van der Waals surface area contributed by atoms with Gasteiger partial charge < -0.3 is 33.3 Å². The Morgan fingerprint density at radius 1 is 0.836 bits per heavy atom. The van der Waals surface area contributed by atoms with Gasteiger partial charge in [-0.2, -0.15) is 5.26 Å². The van der Waals surface area contributed by atoms with Crippen LogP contribution < -0.4 is 14.8 Å². The lowest BCUT2D eigenvalue weighted by molar-refractivity contribution is -0.355. The minimum absolute atomic E-state index is 0.00176. The van der Waals surface area contributed by atoms with Crippen LogP contribution in [0.1, 0.15) is 67.4 Å². The molecule has 0 aliphatic carbocycles. The number of hydrogen-bond acceptors (Lipinski definition) is 13. The number of halogens is 3. The lowest BCUT2D eigenvalue weighted by Crippen LogP contribution is -2.44. The van der Waals surface area contributed by atoms with E-state index in [2.05, 4.69) is 26.3 Å². The molecule has 2 aromatic heterocycles. The number of imidazole rings is 1. The predicted octanol–water partition coefficient (Wildman–Crippen LogP) is 9.57. The van der Waals surface area contributed by atoms with Crippen molar-refractivity contribution in [1.29, 1.82) is 5.26 Å². The van der Waals surface area contributed by atoms with Crippen LogP contribution >= 0.6 is 8.53 Å². The van der Waals surface area contributed by atoms with Gasteiger partial charge in [-0.1, -0.05) is 72.8 Å². The first-order chi connectivity index (χ1) is 32.3. The number of fused-ring (bicyclic) bond motifs is 1. The number of carbonyl (C=O) groups is 1. The summed E-state index contributed by atoms with van der Waals surface area (Å²) in [6.45, 7) is 7.20. The van der Waals surface area contributed by atoms with E-state index in [-0.39, 0.29) is 48.7 Å². The van der Waals surface area contributed by atoms with Gasteiger partial charge in [0.25, 0.3) is 14.4 Å². The molecule has 5 atom stereocenters. The number of ether oxygens (including phenoxy) is 5. The summed E-state index contributed by atoms with van der Waals surface area (Å²) in [6, 6.07) is 34.0. The molecule has 7 rings (SSSR count). The summed E-state index contributed by atoms with van der Waals surface area (Å²) in [5.41, 5.74) is 1.06. The van der Waals surface area contributed by atoms with Gasteiger partial charge in [-0.3, -0.25) is 14.1 Å². The topological polar surface area (TPSA) is 164 Å². The van der Waals surface area contributed by atoms with E-state index in [4.69, 9.17) is 32.7 Å². The number of amides is 1. The number of aromatic nitrogens is 4. The molecule has 19 heteroatoms. The number of alkyl halides is 3. The lowest BCUT2D eigenvalue weighted by atomic mass is 9.80. The van der Waals surface area contributed by atoms with E-state index >= 15 is 0 Å². The maximum atomic E-state index is 14.9. The van der Waals surface area contributed by atoms with Gasteiger partial charge >= 0.3 is 6.36 Å². The van der Waals surface area contributed by atoms with Crippen molar-refractivity contribution in [3.63, 3.8) is 0 Å². The Bertz CT molecular complexity index is 2530. The first-order valence-electron chi connectivity index (χ1n) is 21.5. The van der Waals surface area contributed by atoms with Crippen LogP contribution in [-0.2, 0) is 28.9 Å². The summed E-state index contributed by atoms with van der Waals surface area (Å²) in [7, 11) is 0.939. The summed E-state index contributed by atoms with van der Waals surface area (Å²) < 4.78 is 91.0. The van der Waals surface area contributed by atoms with Gasteiger partial charge in [0, 0.05) is 17.6 Å². The van der Waals surface area contributed by atoms with Crippen LogP contribution in [0.2, 0.25) is 0 Å². The summed E-state index contributed by atoms with van der Waals surface area (Å²) in [5, 5.41) is 12.2. The fourth-order valence-electron chi connectivity index (χ4n) is 8.05. The van der Waals surface area contributed by atoms with Gasteiger partial charge in [-0.05, 0) is 80.8 Å². The van der Waals surface area contributed by atoms with Crippen molar-refractivity contribution in [2.75, 3.05) is 32.8 Å². The van der Waals surface area contributed by atoms with Gasteiger partial charge in [0.2, 0.25) is 0 Å². The van der Waals surface area contributed by atoms with Crippen molar-refractivity contribution in [2.45, 2.75) is 82.7 Å². The molecule has 5 unspecified atom stereocenters. The molecule has 1 aliphatic rings. The van der Waals surface area contributed by atoms with Crippen molar-refractivity contribution >= 4 is 31.4 Å². The van der Waals surface area contributed by atoms with Crippen LogP contribution in [0.3, 0.4) is 0 Å². The second-order valence-electron chi connectivity index (χ2n) is 15.9. The molecule has 0 bridgehead atoms. The van der Waals surface area contributed by atoms with E-state index in [1.54, 1.807) is 68.8 Å². The lowest BCUT2D eigenvalue weighted by Gasteiger charge is -2.39. The van der Waals surface area contributed by atoms with Gasteiger partial charge in [0.1, 0.15) is 41.7 Å². The third-order valence-corrected chi connectivity index (χ3v) is 13.1. The van der Waals surface area contributed by atoms with E-state index in [1.807, 2.05) is 87.0 Å². The van der Waals surface area contributed by atoms with Crippen molar-refractivity contribution in [3.8, 4) is 17.6 Å². The van der Waals surface area contributed by atoms with Crippen LogP contribution in [0.4, 0.5) is 19.0 Å². The minimum Gasteiger partial charge on any atom is -0.497 e. The van der Waals surface area contributed by atoms with Crippen LogP contribution in [0, 0.1) is 11.3 Å². The molecule has 1 amide bonds. The first kappa shape index (κ1) is 48.9. The maximum Gasteiger partial charge on any atom is 0.523 e. The van der Waals surface area contributed by atoms with E-state index < -0.39 is 50.9 Å². The SMILES string of the molecule is COc1ccc(C(OCC2OC(n3cnc4c(NC(=O)c5ccccc5)ncnc43)C(OC(F)(F)F)C2OP(OCCC#N)N(C(C)C)C(C)C)(c2ccccc2)c2ccc(OC)cc2)cc1. The van der Waals surface area contributed by atoms with Crippen LogP contribution in [0.15, 0.2) is 122 Å². The van der Waals surface area contributed by atoms with E-state index in [0.29, 0.717) is 33.8 Å². The molecule has 1 aliphatic heterocycles. The number of anilines is 1. The Labute approximate surface area is 387 Å². The van der Waals surface area contributed by atoms with Crippen LogP contribution in [-0.4, -0.2) is 94.3 Å². The number of nitrogens with zero attached hydrogens (tertiary/aromatic N) is 6. The Morgan fingerprint density at radius 2 is 1.42 bits per heavy atom. The van der Waals surface area contributed by atoms with Crippen LogP contribution in [0.25, 0.3) is 11.2 Å². The standard InChI is InChI=1S/C48H51F3N7O8P/c1-31(2)58(32(3)4)67(63-27-13-26-52)66-41-39(28-62-47(34-16-11-8-12-17-34,35-18-22-37(60-5)23-19-35)36-20-24-38(61-6)25-21-36)64-46(42(41)65-48(49,50)51)57-30-55-40-43(53-29-54-44(40)57)56-45(59)33-14-9-7-10-15-33/h7-12,14-25,29-32,39,41-42,46H,13,27-28H2,1-6H3,(H,53,54,56,59). The van der Waals surface area contributed by atoms with Gasteiger partial charge in [-0.15, -0.1) is 13.2 Å². The fourth-order valence-corrected chi connectivity index (χ4v) is 9.82. The fraction of sp³-hybridized carbons (Fsp3) is 0.354. The largest absolute Gasteiger partial charge is 0.523 e. The first-order valence-corrected chi connectivity index (χ1v) is 22.6. The third-order valence-electron chi connectivity index (χ3n) is 11.0. The molecule has 352 valence electrons. The summed E-state index contributed by atoms with van der Waals surface area (Å²) in [6.07, 6.45) is -9.18. The normalized spacial score (nSPS) is 18.1. The van der Waals surface area contributed by atoms with E-state index in [1.165, 1.54) is 10.9 Å². The number of carbonyl (C=O) groups excluding carboxylic acids is 1. The predicted molar refractivity (Wildman–Crippen MR) is 243 cm³/mol.